The summed E-state index contributed by atoms with van der Waals surface area (Å²) in [7, 11) is 0. The van der Waals surface area contributed by atoms with Crippen LogP contribution in [0.5, 0.6) is 0 Å². The van der Waals surface area contributed by atoms with Crippen LogP contribution >= 0.6 is 23.5 Å². The van der Waals surface area contributed by atoms with Gasteiger partial charge in [-0.2, -0.15) is 5.26 Å². The average molecular weight is 606 g/mol. The normalized spacial score (nSPS) is 13.3. The standard InChI is InChI=1S/C39H59NS2/c1-16-38(12,13)34-25-31(24-33(37(9,10)11)32(34)20-18-17-19-27(2)26-40)42-39(14,15)41-30-22-28(35(3,4)5)21-29(23-30)36(6,7)8/h21-25H,2,16-20H2,1,3-15H3. The molecule has 0 radical (unpaired) electrons. The molecule has 2 aromatic carbocycles. The van der Waals surface area contributed by atoms with Crippen LogP contribution in [0.4, 0.5) is 0 Å². The van der Waals surface area contributed by atoms with Crippen molar-refractivity contribution in [3.63, 3.8) is 0 Å². The molecular formula is C39H59NS2. The summed E-state index contributed by atoms with van der Waals surface area (Å²) in [6.07, 6.45) is 5.01. The number of benzene rings is 2. The first-order chi connectivity index (χ1) is 19.0. The number of thioether (sulfide) groups is 2. The Morgan fingerprint density at radius 1 is 0.690 bits per heavy atom. The van der Waals surface area contributed by atoms with E-state index in [1.54, 1.807) is 0 Å². The highest BCUT2D eigenvalue weighted by Crippen LogP contribution is 2.49. The van der Waals surface area contributed by atoms with Crippen molar-refractivity contribution in [1.82, 2.24) is 0 Å². The first-order valence-electron chi connectivity index (χ1n) is 15.8. The molecule has 1 nitrogen and oxygen atoms in total. The Balaban J connectivity index is 2.56. The molecule has 0 aromatic heterocycles. The van der Waals surface area contributed by atoms with Crippen molar-refractivity contribution in [3.8, 4) is 6.07 Å². The van der Waals surface area contributed by atoms with E-state index in [2.05, 4.69) is 140 Å². The number of allylic oxidation sites excluding steroid dienone is 1. The van der Waals surface area contributed by atoms with Gasteiger partial charge < -0.3 is 0 Å². The maximum atomic E-state index is 9.15. The average Bonchev–Trinajstić information content (AvgIpc) is 2.84. The van der Waals surface area contributed by atoms with Gasteiger partial charge in [-0.15, -0.1) is 23.5 Å². The summed E-state index contributed by atoms with van der Waals surface area (Å²) in [5.41, 5.74) is 8.31. The molecule has 0 unspecified atom stereocenters. The lowest BCUT2D eigenvalue weighted by atomic mass is 9.73. The van der Waals surface area contributed by atoms with E-state index in [1.807, 2.05) is 23.5 Å². The van der Waals surface area contributed by atoms with Crippen molar-refractivity contribution in [2.45, 2.75) is 165 Å². The van der Waals surface area contributed by atoms with E-state index in [9.17, 15) is 0 Å². The fourth-order valence-electron chi connectivity index (χ4n) is 5.25. The van der Waals surface area contributed by atoms with Crippen LogP contribution in [0, 0.1) is 11.3 Å². The molecule has 0 amide bonds. The molecule has 0 bridgehead atoms. The number of hydrogen-bond donors (Lipinski definition) is 0. The highest BCUT2D eigenvalue weighted by atomic mass is 32.2. The highest BCUT2D eigenvalue weighted by Gasteiger charge is 2.31. The van der Waals surface area contributed by atoms with Gasteiger partial charge >= 0.3 is 0 Å². The fourth-order valence-corrected chi connectivity index (χ4v) is 7.85. The van der Waals surface area contributed by atoms with Crippen LogP contribution in [-0.2, 0) is 28.1 Å². The molecule has 0 aliphatic carbocycles. The van der Waals surface area contributed by atoms with E-state index >= 15 is 0 Å². The van der Waals surface area contributed by atoms with Crippen molar-refractivity contribution < 1.29 is 0 Å². The fraction of sp³-hybridized carbons (Fsp3) is 0.615. The van der Waals surface area contributed by atoms with Gasteiger partial charge in [-0.25, -0.2) is 0 Å². The second-order valence-corrected chi connectivity index (χ2v) is 19.9. The highest BCUT2D eigenvalue weighted by molar-refractivity contribution is 8.18. The van der Waals surface area contributed by atoms with Crippen LogP contribution in [0.25, 0.3) is 0 Å². The second kappa shape index (κ2) is 13.6. The van der Waals surface area contributed by atoms with Crippen LogP contribution in [-0.4, -0.2) is 4.08 Å². The Hall–Kier alpha value is -1.63. The lowest BCUT2D eigenvalue weighted by Gasteiger charge is -2.34. The number of nitrogens with zero attached hydrogens (tertiary/aromatic N) is 1. The van der Waals surface area contributed by atoms with Gasteiger partial charge in [0.15, 0.2) is 0 Å². The maximum absolute atomic E-state index is 9.15. The lowest BCUT2D eigenvalue weighted by molar-refractivity contribution is 0.491. The summed E-state index contributed by atoms with van der Waals surface area (Å²) in [6.45, 7) is 36.7. The van der Waals surface area contributed by atoms with Crippen molar-refractivity contribution in [1.29, 1.82) is 5.26 Å². The summed E-state index contributed by atoms with van der Waals surface area (Å²) in [5.74, 6) is 0. The van der Waals surface area contributed by atoms with Gasteiger partial charge in [0.1, 0.15) is 0 Å². The van der Waals surface area contributed by atoms with Crippen molar-refractivity contribution >= 4 is 23.5 Å². The molecule has 0 N–H and O–H groups in total. The van der Waals surface area contributed by atoms with E-state index in [1.165, 1.54) is 37.6 Å². The molecule has 0 saturated carbocycles. The molecule has 0 aliphatic rings. The molecule has 2 aromatic rings. The minimum absolute atomic E-state index is 0.0423. The second-order valence-electron chi connectivity index (χ2n) is 16.3. The van der Waals surface area contributed by atoms with Crippen molar-refractivity contribution in [3.05, 3.63) is 70.3 Å². The molecule has 42 heavy (non-hydrogen) atoms. The van der Waals surface area contributed by atoms with Crippen LogP contribution in [0.3, 0.4) is 0 Å². The Morgan fingerprint density at radius 3 is 1.60 bits per heavy atom. The van der Waals surface area contributed by atoms with Crippen LogP contribution in [0.15, 0.2) is 52.3 Å². The van der Waals surface area contributed by atoms with Crippen LogP contribution in [0.1, 0.15) is 150 Å². The van der Waals surface area contributed by atoms with Gasteiger partial charge in [0.05, 0.1) is 10.1 Å². The molecule has 0 spiro atoms. The molecule has 0 aliphatic heterocycles. The molecule has 0 heterocycles. The minimum Gasteiger partial charge on any atom is -0.193 e. The topological polar surface area (TPSA) is 23.8 Å². The van der Waals surface area contributed by atoms with Gasteiger partial charge in [-0.3, -0.25) is 0 Å². The Bertz CT molecular complexity index is 1250. The molecule has 0 saturated heterocycles. The molecule has 0 atom stereocenters. The largest absolute Gasteiger partial charge is 0.193 e. The number of unbranched alkanes of at least 4 members (excludes halogenated alkanes) is 1. The monoisotopic (exact) mass is 605 g/mol. The summed E-state index contributed by atoms with van der Waals surface area (Å²) < 4.78 is -0.0480. The molecule has 2 rings (SSSR count). The zero-order valence-corrected chi connectivity index (χ0v) is 31.0. The molecule has 0 fully saturated rings. The number of rotatable bonds is 11. The SMILES string of the molecule is C=C(C#N)CCCCc1c(C(C)(C)C)cc(SC(C)(C)Sc2cc(C(C)(C)C)cc(C(C)(C)C)c2)cc1C(C)(C)CC. The van der Waals surface area contributed by atoms with Crippen molar-refractivity contribution in [2.75, 3.05) is 0 Å². The summed E-state index contributed by atoms with van der Waals surface area (Å²) in [5, 5.41) is 9.15. The van der Waals surface area contributed by atoms with Crippen LogP contribution < -0.4 is 0 Å². The molecular weight excluding hydrogens is 547 g/mol. The van der Waals surface area contributed by atoms with Gasteiger partial charge in [0.25, 0.3) is 0 Å². The number of nitriles is 1. The Labute approximate surface area is 268 Å². The lowest BCUT2D eigenvalue weighted by Crippen LogP contribution is -2.23. The Kier molecular flexibility index (Phi) is 11.8. The zero-order valence-electron chi connectivity index (χ0n) is 29.4. The third-order valence-electron chi connectivity index (χ3n) is 8.32. The Morgan fingerprint density at radius 2 is 1.17 bits per heavy atom. The van der Waals surface area contributed by atoms with Gasteiger partial charge in [-0.1, -0.05) is 95.7 Å². The number of hydrogen-bond acceptors (Lipinski definition) is 3. The van der Waals surface area contributed by atoms with Gasteiger partial charge in [0.2, 0.25) is 0 Å². The minimum atomic E-state index is -0.0480. The first kappa shape index (κ1) is 36.6. The maximum Gasteiger partial charge on any atom is 0.0940 e. The predicted molar refractivity (Wildman–Crippen MR) is 190 cm³/mol. The van der Waals surface area contributed by atoms with E-state index in [4.69, 9.17) is 5.26 Å². The molecule has 3 heteroatoms. The quantitative estimate of drug-likeness (QED) is 0.110. The van der Waals surface area contributed by atoms with Gasteiger partial charge in [-0.05, 0) is 120 Å². The third-order valence-corrected chi connectivity index (χ3v) is 10.7. The van der Waals surface area contributed by atoms with Crippen LogP contribution in [0.2, 0.25) is 0 Å². The van der Waals surface area contributed by atoms with E-state index in [0.717, 1.165) is 32.1 Å². The third kappa shape index (κ3) is 10.2. The summed E-state index contributed by atoms with van der Waals surface area (Å²) in [6, 6.07) is 14.4. The zero-order chi connectivity index (χ0) is 32.3. The van der Waals surface area contributed by atoms with Crippen molar-refractivity contribution in [2.24, 2.45) is 0 Å². The van der Waals surface area contributed by atoms with Gasteiger partial charge in [0, 0.05) is 15.4 Å². The van der Waals surface area contributed by atoms with E-state index in [0.29, 0.717) is 5.57 Å². The predicted octanol–water partition coefficient (Wildman–Crippen LogP) is 12.7. The summed E-state index contributed by atoms with van der Waals surface area (Å²) >= 11 is 3.99. The van der Waals surface area contributed by atoms with E-state index < -0.39 is 0 Å². The smallest absolute Gasteiger partial charge is 0.0940 e. The summed E-state index contributed by atoms with van der Waals surface area (Å²) in [4.78, 5) is 2.71. The molecule has 232 valence electrons. The van der Waals surface area contributed by atoms with E-state index in [-0.39, 0.29) is 25.7 Å². The first-order valence-corrected chi connectivity index (χ1v) is 17.4.